The van der Waals surface area contributed by atoms with Crippen LogP contribution in [0.4, 0.5) is 4.39 Å². The first-order chi connectivity index (χ1) is 9.84. The Morgan fingerprint density at radius 2 is 1.95 bits per heavy atom. The van der Waals surface area contributed by atoms with Gasteiger partial charge in [-0.05, 0) is 23.0 Å². The van der Waals surface area contributed by atoms with E-state index in [2.05, 4.69) is 0 Å². The van der Waals surface area contributed by atoms with Gasteiger partial charge in [-0.15, -0.1) is 0 Å². The number of benzene rings is 1. The fraction of sp³-hybridized carbons (Fsp3) is 0.375. The lowest BCUT2D eigenvalue weighted by atomic mass is 10.1. The number of halogens is 1. The summed E-state index contributed by atoms with van der Waals surface area (Å²) in [6, 6.07) is 9.24. The largest absolute Gasteiger partial charge is 0.476 e. The van der Waals surface area contributed by atoms with Crippen LogP contribution in [-0.2, 0) is 20.9 Å². The lowest BCUT2D eigenvalue weighted by Crippen LogP contribution is -2.10. The van der Waals surface area contributed by atoms with E-state index in [-0.39, 0.29) is 6.61 Å². The van der Waals surface area contributed by atoms with Crippen molar-refractivity contribution in [3.8, 4) is 0 Å². The maximum absolute atomic E-state index is 13.2. The quantitative estimate of drug-likeness (QED) is 0.669. The number of allylic oxidation sites excluding steroid dienone is 1. The van der Waals surface area contributed by atoms with Gasteiger partial charge < -0.3 is 9.84 Å². The Kier molecular flexibility index (Phi) is 4.11. The van der Waals surface area contributed by atoms with Gasteiger partial charge in [0.05, 0.1) is 5.92 Å². The van der Waals surface area contributed by atoms with E-state index in [1.807, 2.05) is 30.3 Å². The molecule has 1 aromatic rings. The van der Waals surface area contributed by atoms with Gasteiger partial charge in [0.1, 0.15) is 6.61 Å². The number of carbonyl (C=O) groups is 2. The molecule has 2 unspecified atom stereocenters. The minimum atomic E-state index is -1.62. The third kappa shape index (κ3) is 3.29. The van der Waals surface area contributed by atoms with Gasteiger partial charge in [0, 0.05) is 0 Å². The van der Waals surface area contributed by atoms with E-state index in [0.717, 1.165) is 11.6 Å². The molecule has 1 aliphatic carbocycles. The second kappa shape index (κ2) is 5.68. The topological polar surface area (TPSA) is 63.6 Å². The van der Waals surface area contributed by atoms with Crippen LogP contribution in [0.25, 0.3) is 0 Å². The molecule has 112 valence electrons. The first-order valence-electron chi connectivity index (χ1n) is 6.65. The van der Waals surface area contributed by atoms with E-state index in [1.165, 1.54) is 0 Å². The van der Waals surface area contributed by atoms with Crippen LogP contribution in [0.15, 0.2) is 42.2 Å². The third-order valence-electron chi connectivity index (χ3n) is 3.92. The molecule has 0 aliphatic heterocycles. The molecule has 0 heterocycles. The zero-order valence-corrected chi connectivity index (χ0v) is 11.9. The highest BCUT2D eigenvalue weighted by molar-refractivity contribution is 5.85. The predicted molar refractivity (Wildman–Crippen MR) is 73.8 cm³/mol. The van der Waals surface area contributed by atoms with Crippen molar-refractivity contribution in [2.24, 2.45) is 17.3 Å². The summed E-state index contributed by atoms with van der Waals surface area (Å²) in [5, 5.41) is 8.55. The van der Waals surface area contributed by atoms with Gasteiger partial charge in [0.15, 0.2) is 0 Å². The van der Waals surface area contributed by atoms with Crippen molar-refractivity contribution < 1.29 is 23.8 Å². The molecule has 1 saturated carbocycles. The number of carboxylic acid groups (broad SMARTS) is 1. The van der Waals surface area contributed by atoms with Crippen LogP contribution in [0.1, 0.15) is 19.4 Å². The van der Waals surface area contributed by atoms with Crippen LogP contribution >= 0.6 is 0 Å². The van der Waals surface area contributed by atoms with E-state index < -0.39 is 35.0 Å². The van der Waals surface area contributed by atoms with Gasteiger partial charge in [-0.1, -0.05) is 44.2 Å². The SMILES string of the molecule is CC1(C)C(C=C(F)C(=O)O)C1C(=O)OCc1ccccc1. The molecule has 0 aromatic heterocycles. The highest BCUT2D eigenvalue weighted by Gasteiger charge is 2.61. The Morgan fingerprint density at radius 3 is 2.52 bits per heavy atom. The average molecular weight is 292 g/mol. The van der Waals surface area contributed by atoms with Gasteiger partial charge in [0.25, 0.3) is 0 Å². The molecule has 2 atom stereocenters. The van der Waals surface area contributed by atoms with Crippen molar-refractivity contribution in [3.63, 3.8) is 0 Å². The van der Waals surface area contributed by atoms with Crippen molar-refractivity contribution in [3.05, 3.63) is 47.8 Å². The Bertz CT molecular complexity index is 577. The maximum Gasteiger partial charge on any atom is 0.364 e. The lowest BCUT2D eigenvalue weighted by molar-refractivity contribution is -0.147. The van der Waals surface area contributed by atoms with Gasteiger partial charge in [0.2, 0.25) is 5.83 Å². The van der Waals surface area contributed by atoms with Crippen molar-refractivity contribution >= 4 is 11.9 Å². The molecule has 4 nitrogen and oxygen atoms in total. The number of rotatable bonds is 5. The average Bonchev–Trinajstić information content (AvgIpc) is 2.98. The summed E-state index contributed by atoms with van der Waals surface area (Å²) in [4.78, 5) is 22.5. The minimum Gasteiger partial charge on any atom is -0.476 e. The lowest BCUT2D eigenvalue weighted by Gasteiger charge is -2.05. The molecule has 5 heteroatoms. The Labute approximate surface area is 122 Å². The van der Waals surface area contributed by atoms with E-state index in [0.29, 0.717) is 0 Å². The number of hydrogen-bond acceptors (Lipinski definition) is 3. The second-order valence-electron chi connectivity index (χ2n) is 5.74. The zero-order chi connectivity index (χ0) is 15.6. The summed E-state index contributed by atoms with van der Waals surface area (Å²) < 4.78 is 18.4. The highest BCUT2D eigenvalue weighted by Crippen LogP contribution is 2.59. The van der Waals surface area contributed by atoms with Gasteiger partial charge >= 0.3 is 11.9 Å². The van der Waals surface area contributed by atoms with E-state index >= 15 is 0 Å². The molecule has 1 fully saturated rings. The van der Waals surface area contributed by atoms with Crippen molar-refractivity contribution in [2.75, 3.05) is 0 Å². The van der Waals surface area contributed by atoms with Crippen LogP contribution in [-0.4, -0.2) is 17.0 Å². The molecule has 0 spiro atoms. The maximum atomic E-state index is 13.2. The molecule has 1 aromatic carbocycles. The summed E-state index contributed by atoms with van der Waals surface area (Å²) in [6.07, 6.45) is 0.997. The number of carbonyl (C=O) groups excluding carboxylic acids is 1. The fourth-order valence-corrected chi connectivity index (χ4v) is 2.49. The van der Waals surface area contributed by atoms with E-state index in [1.54, 1.807) is 13.8 Å². The minimum absolute atomic E-state index is 0.157. The third-order valence-corrected chi connectivity index (χ3v) is 3.92. The van der Waals surface area contributed by atoms with Crippen LogP contribution in [0.5, 0.6) is 0 Å². The first-order valence-corrected chi connectivity index (χ1v) is 6.65. The van der Waals surface area contributed by atoms with Crippen molar-refractivity contribution in [1.82, 2.24) is 0 Å². The smallest absolute Gasteiger partial charge is 0.364 e. The Hall–Kier alpha value is -2.17. The van der Waals surface area contributed by atoms with E-state index in [9.17, 15) is 14.0 Å². The number of carboxylic acids is 1. The molecule has 0 radical (unpaired) electrons. The number of hydrogen-bond donors (Lipinski definition) is 1. The summed E-state index contributed by atoms with van der Waals surface area (Å²) in [6.45, 7) is 3.74. The Balaban J connectivity index is 1.97. The molecule has 21 heavy (non-hydrogen) atoms. The zero-order valence-electron chi connectivity index (χ0n) is 11.9. The van der Waals surface area contributed by atoms with Gasteiger partial charge in [-0.3, -0.25) is 4.79 Å². The normalized spacial score (nSPS) is 23.5. The van der Waals surface area contributed by atoms with E-state index in [4.69, 9.17) is 9.84 Å². The molecular weight excluding hydrogens is 275 g/mol. The van der Waals surface area contributed by atoms with Crippen LogP contribution in [0, 0.1) is 17.3 Å². The fourth-order valence-electron chi connectivity index (χ4n) is 2.49. The Morgan fingerprint density at radius 1 is 1.33 bits per heavy atom. The van der Waals surface area contributed by atoms with Gasteiger partial charge in [-0.2, -0.15) is 4.39 Å². The first kappa shape index (κ1) is 15.2. The van der Waals surface area contributed by atoms with Crippen LogP contribution < -0.4 is 0 Å². The highest BCUT2D eigenvalue weighted by atomic mass is 19.1. The molecule has 0 bridgehead atoms. The van der Waals surface area contributed by atoms with Crippen LogP contribution in [0.2, 0.25) is 0 Å². The van der Waals surface area contributed by atoms with Gasteiger partial charge in [-0.25, -0.2) is 4.79 Å². The predicted octanol–water partition coefficient (Wildman–Crippen LogP) is 2.94. The number of ether oxygens (including phenoxy) is 1. The molecule has 0 saturated heterocycles. The molecule has 1 N–H and O–H groups in total. The molecular formula is C16H17FO4. The second-order valence-corrected chi connectivity index (χ2v) is 5.74. The number of esters is 1. The standard InChI is InChI=1S/C16H17FO4/c1-16(2)11(8-12(17)14(18)19)13(16)15(20)21-9-10-6-4-3-5-7-10/h3-8,11,13H,9H2,1-2H3,(H,18,19). The molecule has 0 amide bonds. The summed E-state index contributed by atoms with van der Waals surface area (Å²) >= 11 is 0. The summed E-state index contributed by atoms with van der Waals surface area (Å²) in [5.41, 5.74) is 0.383. The molecule has 2 rings (SSSR count). The molecule has 1 aliphatic rings. The monoisotopic (exact) mass is 292 g/mol. The summed E-state index contributed by atoms with van der Waals surface area (Å²) in [5.74, 6) is -4.23. The van der Waals surface area contributed by atoms with Crippen molar-refractivity contribution in [1.29, 1.82) is 0 Å². The van der Waals surface area contributed by atoms with Crippen LogP contribution in [0.3, 0.4) is 0 Å². The number of aliphatic carboxylic acids is 1. The van der Waals surface area contributed by atoms with Crippen molar-refractivity contribution in [2.45, 2.75) is 20.5 Å². The summed E-state index contributed by atoms with van der Waals surface area (Å²) in [7, 11) is 0.